The average Bonchev–Trinajstić information content (AvgIpc) is 2.86. The second-order valence-corrected chi connectivity index (χ2v) is 9.19. The van der Waals surface area contributed by atoms with E-state index in [1.807, 2.05) is 6.07 Å². The fourth-order valence-electron chi connectivity index (χ4n) is 5.11. The van der Waals surface area contributed by atoms with E-state index >= 15 is 0 Å². The van der Waals surface area contributed by atoms with Crippen molar-refractivity contribution < 1.29 is 14.7 Å². The summed E-state index contributed by atoms with van der Waals surface area (Å²) in [5.74, 6) is -0.749. The van der Waals surface area contributed by atoms with E-state index in [0.717, 1.165) is 13.0 Å². The first-order valence-corrected chi connectivity index (χ1v) is 11.9. The van der Waals surface area contributed by atoms with Gasteiger partial charge in [0.05, 0.1) is 6.42 Å². The van der Waals surface area contributed by atoms with E-state index < -0.39 is 5.97 Å². The van der Waals surface area contributed by atoms with Gasteiger partial charge in [0.15, 0.2) is 0 Å². The lowest BCUT2D eigenvalue weighted by molar-refractivity contribution is -0.138. The number of amides is 1. The van der Waals surface area contributed by atoms with E-state index in [4.69, 9.17) is 5.11 Å². The monoisotopic (exact) mass is 456 g/mol. The fraction of sp³-hybridized carbons (Fsp3) is 0.310. The molecule has 0 saturated carbocycles. The van der Waals surface area contributed by atoms with Crippen molar-refractivity contribution in [2.45, 2.75) is 31.7 Å². The number of nitrogens with one attached hydrogen (secondary N) is 1. The molecule has 1 aliphatic rings. The molecule has 0 radical (unpaired) electrons. The number of carbonyl (C=O) groups excluding carboxylic acids is 1. The molecule has 2 unspecified atom stereocenters. The minimum absolute atomic E-state index is 0.140. The highest BCUT2D eigenvalue weighted by molar-refractivity contribution is 5.96. The first-order valence-electron chi connectivity index (χ1n) is 11.9. The highest BCUT2D eigenvalue weighted by Crippen LogP contribution is 2.34. The van der Waals surface area contributed by atoms with Crippen LogP contribution < -0.4 is 5.32 Å². The van der Waals surface area contributed by atoms with Crippen molar-refractivity contribution in [2.24, 2.45) is 5.92 Å². The molecule has 176 valence electrons. The Labute approximate surface area is 201 Å². The van der Waals surface area contributed by atoms with Crippen LogP contribution in [0.5, 0.6) is 0 Å². The number of aliphatic carboxylic acids is 1. The Balaban J connectivity index is 1.51. The molecule has 0 spiro atoms. The minimum atomic E-state index is -1.03. The molecule has 0 aromatic heterocycles. The molecule has 0 aliphatic carbocycles. The Morgan fingerprint density at radius 1 is 1.06 bits per heavy atom. The standard InChI is InChI=1S/C29H32N2O3/c1-20(17-28(32)33)29(34)31-16-15-26(22-9-4-3-5-10-22)24(19-31)18-30-21(2)25-14-8-12-23-11-6-7-13-27(23)25/h3-14,21,24,26,30H,1,15-19H2,2H3,(H,32,33)/t21-,24?,26?/m1/s1. The first kappa shape index (κ1) is 23.7. The van der Waals surface area contributed by atoms with Crippen LogP contribution in [-0.4, -0.2) is 41.5 Å². The third kappa shape index (κ3) is 5.37. The van der Waals surface area contributed by atoms with Crippen molar-refractivity contribution >= 4 is 22.6 Å². The number of fused-ring (bicyclic) bond motifs is 1. The number of hydrogen-bond donors (Lipinski definition) is 2. The summed E-state index contributed by atoms with van der Waals surface area (Å²) >= 11 is 0. The Morgan fingerprint density at radius 3 is 2.53 bits per heavy atom. The van der Waals surface area contributed by atoms with Gasteiger partial charge in [-0.1, -0.05) is 79.4 Å². The van der Waals surface area contributed by atoms with Gasteiger partial charge in [0.1, 0.15) is 0 Å². The van der Waals surface area contributed by atoms with Crippen LogP contribution in [0.1, 0.15) is 42.9 Å². The largest absolute Gasteiger partial charge is 0.481 e. The maximum absolute atomic E-state index is 12.9. The van der Waals surface area contributed by atoms with Gasteiger partial charge >= 0.3 is 5.97 Å². The number of carboxylic acids is 1. The van der Waals surface area contributed by atoms with Crippen molar-refractivity contribution in [3.8, 4) is 0 Å². The average molecular weight is 457 g/mol. The molecule has 5 heteroatoms. The predicted molar refractivity (Wildman–Crippen MR) is 136 cm³/mol. The van der Waals surface area contributed by atoms with Crippen molar-refractivity contribution in [3.63, 3.8) is 0 Å². The van der Waals surface area contributed by atoms with E-state index in [2.05, 4.69) is 85.5 Å². The zero-order valence-electron chi connectivity index (χ0n) is 19.6. The van der Waals surface area contributed by atoms with E-state index in [9.17, 15) is 9.59 Å². The van der Waals surface area contributed by atoms with Crippen molar-refractivity contribution in [2.75, 3.05) is 19.6 Å². The number of nitrogens with zero attached hydrogens (tertiary/aromatic N) is 1. The second-order valence-electron chi connectivity index (χ2n) is 9.19. The number of rotatable bonds is 8. The molecule has 34 heavy (non-hydrogen) atoms. The molecule has 1 fully saturated rings. The molecule has 5 nitrogen and oxygen atoms in total. The lowest BCUT2D eigenvalue weighted by atomic mass is 9.80. The summed E-state index contributed by atoms with van der Waals surface area (Å²) < 4.78 is 0. The fourth-order valence-corrected chi connectivity index (χ4v) is 5.11. The SMILES string of the molecule is C=C(CC(=O)O)C(=O)N1CCC(c2ccccc2)C(CN[C@H](C)c2cccc3ccccc23)C1. The van der Waals surface area contributed by atoms with Crippen LogP contribution >= 0.6 is 0 Å². The van der Waals surface area contributed by atoms with E-state index in [1.54, 1.807) is 4.90 Å². The van der Waals surface area contributed by atoms with E-state index in [1.165, 1.54) is 21.9 Å². The predicted octanol–water partition coefficient (Wildman–Crippen LogP) is 5.15. The summed E-state index contributed by atoms with van der Waals surface area (Å²) in [7, 11) is 0. The van der Waals surface area contributed by atoms with Gasteiger partial charge in [-0.3, -0.25) is 9.59 Å². The Bertz CT molecular complexity index is 1170. The number of hydrogen-bond acceptors (Lipinski definition) is 3. The van der Waals surface area contributed by atoms with Crippen molar-refractivity contribution in [1.82, 2.24) is 10.2 Å². The summed E-state index contributed by atoms with van der Waals surface area (Å²) in [5, 5.41) is 15.3. The lowest BCUT2D eigenvalue weighted by Crippen LogP contribution is -2.46. The number of benzene rings is 3. The number of likely N-dealkylation sites (tertiary alicyclic amines) is 1. The molecule has 1 aliphatic heterocycles. The summed E-state index contributed by atoms with van der Waals surface area (Å²) in [6.45, 7) is 7.84. The zero-order valence-corrected chi connectivity index (χ0v) is 19.6. The van der Waals surface area contributed by atoms with Gasteiger partial charge in [0.2, 0.25) is 5.91 Å². The van der Waals surface area contributed by atoms with E-state index in [0.29, 0.717) is 19.0 Å². The van der Waals surface area contributed by atoms with Gasteiger partial charge in [-0.2, -0.15) is 0 Å². The molecule has 3 aromatic carbocycles. The minimum Gasteiger partial charge on any atom is -0.481 e. The molecule has 3 aromatic rings. The smallest absolute Gasteiger partial charge is 0.308 e. The topological polar surface area (TPSA) is 69.6 Å². The van der Waals surface area contributed by atoms with Gasteiger partial charge in [-0.15, -0.1) is 0 Å². The van der Waals surface area contributed by atoms with Crippen LogP contribution in [0.2, 0.25) is 0 Å². The molecule has 0 bridgehead atoms. The van der Waals surface area contributed by atoms with Crippen LogP contribution in [0.3, 0.4) is 0 Å². The Kier molecular flexibility index (Phi) is 7.43. The molecular formula is C29H32N2O3. The summed E-state index contributed by atoms with van der Waals surface area (Å²) in [6.07, 6.45) is 0.517. The maximum Gasteiger partial charge on any atom is 0.308 e. The molecule has 4 rings (SSSR count). The third-order valence-electron chi connectivity index (χ3n) is 6.89. The third-order valence-corrected chi connectivity index (χ3v) is 6.89. The van der Waals surface area contributed by atoms with Gasteiger partial charge in [0, 0.05) is 31.2 Å². The van der Waals surface area contributed by atoms with Gasteiger partial charge in [0.25, 0.3) is 0 Å². The van der Waals surface area contributed by atoms with Crippen LogP contribution in [0.25, 0.3) is 10.8 Å². The maximum atomic E-state index is 12.9. The second kappa shape index (κ2) is 10.7. The quantitative estimate of drug-likeness (QED) is 0.460. The number of carboxylic acid groups (broad SMARTS) is 1. The van der Waals surface area contributed by atoms with Crippen LogP contribution in [0, 0.1) is 5.92 Å². The van der Waals surface area contributed by atoms with Gasteiger partial charge in [-0.05, 0) is 47.1 Å². The summed E-state index contributed by atoms with van der Waals surface area (Å²) in [4.78, 5) is 25.7. The number of piperidine rings is 1. The summed E-state index contributed by atoms with van der Waals surface area (Å²) in [5.41, 5.74) is 2.68. The van der Waals surface area contributed by atoms with Crippen molar-refractivity contribution in [3.05, 3.63) is 96.1 Å². The normalized spacial score (nSPS) is 19.0. The van der Waals surface area contributed by atoms with Crippen LogP contribution in [-0.2, 0) is 9.59 Å². The Morgan fingerprint density at radius 2 is 1.76 bits per heavy atom. The lowest BCUT2D eigenvalue weighted by Gasteiger charge is -2.40. The molecule has 1 saturated heterocycles. The van der Waals surface area contributed by atoms with Gasteiger partial charge < -0.3 is 15.3 Å². The van der Waals surface area contributed by atoms with Crippen LogP contribution in [0.15, 0.2) is 84.9 Å². The van der Waals surface area contributed by atoms with Crippen molar-refractivity contribution in [1.29, 1.82) is 0 Å². The Hall–Kier alpha value is -3.44. The molecule has 1 heterocycles. The van der Waals surface area contributed by atoms with E-state index in [-0.39, 0.29) is 29.9 Å². The van der Waals surface area contributed by atoms with Gasteiger partial charge in [-0.25, -0.2) is 0 Å². The molecular weight excluding hydrogens is 424 g/mol. The molecule has 2 N–H and O–H groups in total. The molecule has 3 atom stereocenters. The number of carbonyl (C=O) groups is 2. The zero-order chi connectivity index (χ0) is 24.1. The highest BCUT2D eigenvalue weighted by Gasteiger charge is 2.33. The summed E-state index contributed by atoms with van der Waals surface area (Å²) in [6, 6.07) is 25.4. The van der Waals surface area contributed by atoms with Crippen LogP contribution in [0.4, 0.5) is 0 Å². The highest BCUT2D eigenvalue weighted by atomic mass is 16.4. The molecule has 1 amide bonds. The first-order chi connectivity index (χ1) is 16.4.